The number of hydrogen-bond donors (Lipinski definition) is 0. The highest BCUT2D eigenvalue weighted by Gasteiger charge is 2.33. The van der Waals surface area contributed by atoms with Crippen LogP contribution >= 0.6 is 0 Å². The van der Waals surface area contributed by atoms with Crippen LogP contribution in [-0.4, -0.2) is 71.5 Å². The lowest BCUT2D eigenvalue weighted by atomic mass is 10.0. The molecule has 1 atom stereocenters. The summed E-state index contributed by atoms with van der Waals surface area (Å²) < 4.78 is 42.4. The fourth-order valence-electron chi connectivity index (χ4n) is 5.12. The molecule has 0 bridgehead atoms. The zero-order valence-electron chi connectivity index (χ0n) is 20.7. The summed E-state index contributed by atoms with van der Waals surface area (Å²) >= 11 is 0. The zero-order valence-corrected chi connectivity index (χ0v) is 20.7. The minimum atomic E-state index is -4.74. The Kier molecular flexibility index (Phi) is 7.86. The van der Waals surface area contributed by atoms with Crippen molar-refractivity contribution in [3.8, 4) is 11.4 Å². The first kappa shape index (κ1) is 25.7. The molecule has 2 aliphatic heterocycles. The van der Waals surface area contributed by atoms with Crippen molar-refractivity contribution in [3.05, 3.63) is 41.2 Å². The van der Waals surface area contributed by atoms with Crippen LogP contribution in [0.15, 0.2) is 24.3 Å². The first-order valence-electron chi connectivity index (χ1n) is 12.5. The second-order valence-corrected chi connectivity index (χ2v) is 10.2. The van der Waals surface area contributed by atoms with Gasteiger partial charge in [0.1, 0.15) is 5.75 Å². The van der Waals surface area contributed by atoms with E-state index in [1.165, 1.54) is 63.6 Å². The topological polar surface area (TPSA) is 50.6 Å². The number of alkyl halides is 3. The quantitative estimate of drug-likeness (QED) is 0.538. The summed E-state index contributed by atoms with van der Waals surface area (Å²) in [5, 5.41) is 4.30. The lowest BCUT2D eigenvalue weighted by molar-refractivity contribution is -0.274. The largest absolute Gasteiger partial charge is 0.573 e. The van der Waals surface area contributed by atoms with Crippen molar-refractivity contribution in [2.24, 2.45) is 5.92 Å². The van der Waals surface area contributed by atoms with E-state index in [2.05, 4.69) is 33.6 Å². The molecule has 1 aliphatic carbocycles. The number of rotatable bonds is 5. The Morgan fingerprint density at radius 2 is 1.80 bits per heavy atom. The van der Waals surface area contributed by atoms with Gasteiger partial charge in [-0.2, -0.15) is 5.10 Å². The molecule has 0 spiro atoms. The third kappa shape index (κ3) is 6.64. The van der Waals surface area contributed by atoms with Crippen LogP contribution in [0, 0.1) is 12.8 Å². The van der Waals surface area contributed by atoms with Gasteiger partial charge in [-0.1, -0.05) is 13.0 Å². The van der Waals surface area contributed by atoms with E-state index >= 15 is 0 Å². The van der Waals surface area contributed by atoms with Crippen LogP contribution in [0.4, 0.5) is 13.2 Å². The van der Waals surface area contributed by atoms with Crippen LogP contribution in [-0.2, 0) is 0 Å². The van der Waals surface area contributed by atoms with E-state index < -0.39 is 6.36 Å². The van der Waals surface area contributed by atoms with Gasteiger partial charge in [-0.25, -0.2) is 4.68 Å². The van der Waals surface area contributed by atoms with Crippen LogP contribution in [0.3, 0.4) is 0 Å². The summed E-state index contributed by atoms with van der Waals surface area (Å²) in [7, 11) is 2.24. The monoisotopic (exact) mass is 492 g/mol. The molecule has 1 unspecified atom stereocenters. The van der Waals surface area contributed by atoms with Gasteiger partial charge in [-0.05, 0) is 83.8 Å². The third-order valence-electron chi connectivity index (χ3n) is 7.18. The molecule has 1 aromatic heterocycles. The average molecular weight is 493 g/mol. The van der Waals surface area contributed by atoms with Crippen LogP contribution in [0.1, 0.15) is 66.7 Å². The van der Waals surface area contributed by atoms with Gasteiger partial charge in [0.05, 0.1) is 22.6 Å². The Bertz CT molecular complexity index is 1010. The molecule has 3 heterocycles. The van der Waals surface area contributed by atoms with E-state index in [0.29, 0.717) is 16.9 Å². The minimum absolute atomic E-state index is 0.230. The van der Waals surface area contributed by atoms with Crippen LogP contribution in [0.25, 0.3) is 5.69 Å². The van der Waals surface area contributed by atoms with Gasteiger partial charge in [0.2, 0.25) is 0 Å². The normalized spacial score (nSPS) is 22.1. The predicted octanol–water partition coefficient (Wildman–Crippen LogP) is 5.19. The highest BCUT2D eigenvalue weighted by atomic mass is 19.4. The van der Waals surface area contributed by atoms with Gasteiger partial charge in [0, 0.05) is 24.6 Å². The second-order valence-electron chi connectivity index (χ2n) is 10.2. The fourth-order valence-corrected chi connectivity index (χ4v) is 5.12. The summed E-state index contributed by atoms with van der Waals surface area (Å²) in [6.45, 7) is 9.41. The number of carbonyl (C=O) groups excluding carboxylic acids is 1. The first-order valence-corrected chi connectivity index (χ1v) is 12.5. The number of ether oxygens (including phenoxy) is 1. The number of aromatic nitrogens is 2. The summed E-state index contributed by atoms with van der Waals surface area (Å²) in [5.41, 5.74) is 2.29. The third-order valence-corrected chi connectivity index (χ3v) is 7.18. The molecule has 1 aromatic carbocycles. The standard InChI is InChI=1S/C15H13F3N2O2.C11H22N2/c1-9-13(8-21)14(10-5-6-10)20(19-9)11-3-2-4-12(7-11)22-15(16,17)18;1-10-3-8-13(9-10)11-4-6-12(2)7-5-11/h2-4,7-8,10H,5-6H2,1H3;10-11H,3-9H2,1-2H3. The van der Waals surface area contributed by atoms with E-state index in [9.17, 15) is 18.0 Å². The van der Waals surface area contributed by atoms with Crippen molar-refractivity contribution in [1.82, 2.24) is 19.6 Å². The maximum Gasteiger partial charge on any atom is 0.573 e. The van der Waals surface area contributed by atoms with Crippen molar-refractivity contribution in [2.75, 3.05) is 33.2 Å². The molecule has 9 heteroatoms. The van der Waals surface area contributed by atoms with Crippen molar-refractivity contribution < 1.29 is 22.7 Å². The molecule has 0 N–H and O–H groups in total. The van der Waals surface area contributed by atoms with E-state index in [-0.39, 0.29) is 11.7 Å². The maximum absolute atomic E-state index is 12.3. The average Bonchev–Trinajstić information content (AvgIpc) is 3.46. The maximum atomic E-state index is 12.3. The molecule has 0 radical (unpaired) electrons. The summed E-state index contributed by atoms with van der Waals surface area (Å²) in [6, 6.07) is 6.49. The molecule has 1 saturated carbocycles. The zero-order chi connectivity index (χ0) is 25.2. The van der Waals surface area contributed by atoms with Gasteiger partial charge >= 0.3 is 6.36 Å². The summed E-state index contributed by atoms with van der Waals surface area (Å²) in [4.78, 5) is 16.4. The number of carbonyl (C=O) groups is 1. The summed E-state index contributed by atoms with van der Waals surface area (Å²) in [5.74, 6) is 0.862. The number of aldehydes is 1. The fraction of sp³-hybridized carbons (Fsp3) is 0.615. The van der Waals surface area contributed by atoms with Crippen LogP contribution in [0.2, 0.25) is 0 Å². The predicted molar refractivity (Wildman–Crippen MR) is 128 cm³/mol. The molecule has 192 valence electrons. The van der Waals surface area contributed by atoms with E-state index in [1.54, 1.807) is 17.7 Å². The smallest absolute Gasteiger partial charge is 0.406 e. The Morgan fingerprint density at radius 3 is 2.37 bits per heavy atom. The molecular formula is C26H35F3N4O2. The minimum Gasteiger partial charge on any atom is -0.406 e. The molecule has 0 amide bonds. The number of benzene rings is 1. The molecule has 3 fully saturated rings. The number of aryl methyl sites for hydroxylation is 1. The summed E-state index contributed by atoms with van der Waals surface area (Å²) in [6.07, 6.45) is 2.11. The Labute approximate surface area is 205 Å². The van der Waals surface area contributed by atoms with E-state index in [4.69, 9.17) is 0 Å². The highest BCUT2D eigenvalue weighted by Crippen LogP contribution is 2.43. The van der Waals surface area contributed by atoms with Crippen LogP contribution < -0.4 is 4.74 Å². The lowest BCUT2D eigenvalue weighted by Crippen LogP contribution is -2.42. The molecular weight excluding hydrogens is 457 g/mol. The van der Waals surface area contributed by atoms with Crippen molar-refractivity contribution in [3.63, 3.8) is 0 Å². The first-order chi connectivity index (χ1) is 16.6. The molecule has 5 rings (SSSR count). The van der Waals surface area contributed by atoms with Gasteiger partial charge in [-0.3, -0.25) is 4.79 Å². The van der Waals surface area contributed by atoms with Gasteiger partial charge in [0.25, 0.3) is 0 Å². The SMILES string of the molecule is CC1CCN(C2CCN(C)CC2)C1.Cc1nn(-c2cccc(OC(F)(F)F)c2)c(C2CC2)c1C=O. The number of halogens is 3. The Balaban J connectivity index is 0.000000189. The van der Waals surface area contributed by atoms with E-state index in [0.717, 1.165) is 36.8 Å². The molecule has 2 saturated heterocycles. The second kappa shape index (κ2) is 10.7. The number of piperidine rings is 1. The molecule has 3 aliphatic rings. The van der Waals surface area contributed by atoms with Gasteiger partial charge in [0.15, 0.2) is 6.29 Å². The van der Waals surface area contributed by atoms with Crippen molar-refractivity contribution >= 4 is 6.29 Å². The number of nitrogens with zero attached hydrogens (tertiary/aromatic N) is 4. The van der Waals surface area contributed by atoms with Gasteiger partial charge < -0.3 is 14.5 Å². The molecule has 2 aromatic rings. The van der Waals surface area contributed by atoms with Crippen molar-refractivity contribution in [2.45, 2.75) is 64.3 Å². The van der Waals surface area contributed by atoms with Gasteiger partial charge in [-0.15, -0.1) is 13.2 Å². The molecule has 6 nitrogen and oxygen atoms in total. The highest BCUT2D eigenvalue weighted by molar-refractivity contribution is 5.79. The van der Waals surface area contributed by atoms with Crippen molar-refractivity contribution in [1.29, 1.82) is 0 Å². The van der Waals surface area contributed by atoms with Crippen LogP contribution in [0.5, 0.6) is 5.75 Å². The number of likely N-dealkylation sites (tertiary alicyclic amines) is 2. The lowest BCUT2D eigenvalue weighted by Gasteiger charge is -2.35. The Morgan fingerprint density at radius 1 is 1.09 bits per heavy atom. The molecule has 35 heavy (non-hydrogen) atoms. The Hall–Kier alpha value is -2.39. The number of hydrogen-bond acceptors (Lipinski definition) is 5. The van der Waals surface area contributed by atoms with E-state index in [1.807, 2.05) is 0 Å².